The maximum absolute atomic E-state index is 5.48. The average Bonchev–Trinajstić information content (AvgIpc) is 2.34. The molecule has 6 N–H and O–H groups in total. The van der Waals surface area contributed by atoms with Crippen molar-refractivity contribution in [3.8, 4) is 5.75 Å². The SMILES string of the molecule is COc1ccc(CCCN=C(N)N=C(N)N)cc1.Cl. The molecule has 0 aliphatic carbocycles. The van der Waals surface area contributed by atoms with Crippen LogP contribution >= 0.6 is 12.4 Å². The number of hydrogen-bond acceptors (Lipinski definition) is 2. The lowest BCUT2D eigenvalue weighted by Gasteiger charge is -2.02. The molecule has 19 heavy (non-hydrogen) atoms. The van der Waals surface area contributed by atoms with E-state index < -0.39 is 0 Å². The summed E-state index contributed by atoms with van der Waals surface area (Å²) in [5.74, 6) is 0.893. The molecule has 0 spiro atoms. The van der Waals surface area contributed by atoms with Crippen molar-refractivity contribution in [2.75, 3.05) is 13.7 Å². The number of halogens is 1. The first kappa shape index (κ1) is 17.1. The molecule has 1 rings (SSSR count). The summed E-state index contributed by atoms with van der Waals surface area (Å²) >= 11 is 0. The number of ether oxygens (including phenoxy) is 1. The first-order valence-corrected chi connectivity index (χ1v) is 5.64. The first-order chi connectivity index (χ1) is 8.61. The van der Waals surface area contributed by atoms with E-state index in [0.29, 0.717) is 6.54 Å². The molecule has 0 atom stereocenters. The molecular weight excluding hydrogens is 266 g/mol. The number of nitrogens with two attached hydrogens (primary N) is 3. The zero-order chi connectivity index (χ0) is 13.4. The fraction of sp³-hybridized carbons (Fsp3) is 0.333. The Morgan fingerprint density at radius 1 is 1.16 bits per heavy atom. The van der Waals surface area contributed by atoms with Crippen LogP contribution in [0.5, 0.6) is 5.75 Å². The minimum Gasteiger partial charge on any atom is -0.497 e. The molecule has 0 fully saturated rings. The Hall–Kier alpha value is -1.95. The van der Waals surface area contributed by atoms with Gasteiger partial charge in [0.2, 0.25) is 5.96 Å². The molecule has 0 amide bonds. The van der Waals surface area contributed by atoms with E-state index >= 15 is 0 Å². The fourth-order valence-corrected chi connectivity index (χ4v) is 1.44. The molecule has 0 aliphatic rings. The summed E-state index contributed by atoms with van der Waals surface area (Å²) in [6.07, 6.45) is 1.80. The number of nitrogens with zero attached hydrogens (tertiary/aromatic N) is 2. The number of guanidine groups is 2. The zero-order valence-electron chi connectivity index (χ0n) is 10.9. The van der Waals surface area contributed by atoms with Gasteiger partial charge in [0.25, 0.3) is 0 Å². The number of aliphatic imine (C=N–C) groups is 2. The molecule has 0 radical (unpaired) electrons. The van der Waals surface area contributed by atoms with Crippen LogP contribution in [-0.4, -0.2) is 25.6 Å². The predicted molar refractivity (Wildman–Crippen MR) is 80.9 cm³/mol. The lowest BCUT2D eigenvalue weighted by atomic mass is 10.1. The van der Waals surface area contributed by atoms with Gasteiger partial charge >= 0.3 is 0 Å². The second kappa shape index (κ2) is 9.04. The second-order valence-corrected chi connectivity index (χ2v) is 3.73. The summed E-state index contributed by atoms with van der Waals surface area (Å²) in [6.45, 7) is 0.592. The first-order valence-electron chi connectivity index (χ1n) is 5.64. The maximum atomic E-state index is 5.48. The van der Waals surface area contributed by atoms with E-state index in [2.05, 4.69) is 9.98 Å². The minimum absolute atomic E-state index is 0. The number of benzene rings is 1. The maximum Gasteiger partial charge on any atom is 0.218 e. The summed E-state index contributed by atoms with van der Waals surface area (Å²) in [5.41, 5.74) is 17.0. The molecule has 1 aromatic rings. The fourth-order valence-electron chi connectivity index (χ4n) is 1.44. The van der Waals surface area contributed by atoms with Crippen LogP contribution < -0.4 is 21.9 Å². The van der Waals surface area contributed by atoms with Crippen LogP contribution in [0.25, 0.3) is 0 Å². The highest BCUT2D eigenvalue weighted by Crippen LogP contribution is 2.12. The smallest absolute Gasteiger partial charge is 0.218 e. The van der Waals surface area contributed by atoms with Crippen LogP contribution in [0.3, 0.4) is 0 Å². The molecule has 7 heteroatoms. The summed E-state index contributed by atoms with van der Waals surface area (Å²) in [4.78, 5) is 7.66. The summed E-state index contributed by atoms with van der Waals surface area (Å²) in [7, 11) is 1.65. The van der Waals surface area contributed by atoms with Crippen molar-refractivity contribution in [3.05, 3.63) is 29.8 Å². The van der Waals surface area contributed by atoms with Crippen molar-refractivity contribution < 1.29 is 4.74 Å². The summed E-state index contributed by atoms with van der Waals surface area (Å²) in [5, 5.41) is 0. The Balaban J connectivity index is 0.00000324. The van der Waals surface area contributed by atoms with Crippen LogP contribution in [0.15, 0.2) is 34.3 Å². The van der Waals surface area contributed by atoms with Gasteiger partial charge in [0.15, 0.2) is 5.96 Å². The van der Waals surface area contributed by atoms with E-state index in [1.165, 1.54) is 5.56 Å². The van der Waals surface area contributed by atoms with Gasteiger partial charge in [-0.3, -0.25) is 4.99 Å². The van der Waals surface area contributed by atoms with Crippen molar-refractivity contribution in [2.24, 2.45) is 27.2 Å². The molecule has 106 valence electrons. The van der Waals surface area contributed by atoms with Gasteiger partial charge in [0, 0.05) is 6.54 Å². The van der Waals surface area contributed by atoms with Gasteiger partial charge in [-0.2, -0.15) is 4.99 Å². The third-order valence-electron chi connectivity index (χ3n) is 2.30. The molecule has 0 aliphatic heterocycles. The Labute approximate surface area is 119 Å². The topological polar surface area (TPSA) is 112 Å². The highest BCUT2D eigenvalue weighted by Gasteiger charge is 1.95. The van der Waals surface area contributed by atoms with E-state index in [9.17, 15) is 0 Å². The molecule has 0 saturated carbocycles. The van der Waals surface area contributed by atoms with Gasteiger partial charge in [-0.25, -0.2) is 0 Å². The molecule has 0 bridgehead atoms. The van der Waals surface area contributed by atoms with Gasteiger partial charge in [-0.1, -0.05) is 12.1 Å². The van der Waals surface area contributed by atoms with Crippen molar-refractivity contribution >= 4 is 24.3 Å². The minimum atomic E-state index is -0.0774. The normalized spacial score (nSPS) is 10.5. The Kier molecular flexibility index (Phi) is 8.12. The quantitative estimate of drug-likeness (QED) is 0.418. The van der Waals surface area contributed by atoms with Crippen LogP contribution in [0.1, 0.15) is 12.0 Å². The predicted octanol–water partition coefficient (Wildman–Crippen LogP) is 0.638. The Morgan fingerprint density at radius 3 is 2.32 bits per heavy atom. The number of methoxy groups -OCH3 is 1. The van der Waals surface area contributed by atoms with Crippen molar-refractivity contribution in [1.29, 1.82) is 0 Å². The number of rotatable bonds is 5. The Morgan fingerprint density at radius 2 is 1.79 bits per heavy atom. The third kappa shape index (κ3) is 7.15. The lowest BCUT2D eigenvalue weighted by Crippen LogP contribution is -2.26. The third-order valence-corrected chi connectivity index (χ3v) is 2.30. The average molecular weight is 286 g/mol. The monoisotopic (exact) mass is 285 g/mol. The van der Waals surface area contributed by atoms with Gasteiger partial charge in [-0.15, -0.1) is 12.4 Å². The van der Waals surface area contributed by atoms with E-state index in [1.807, 2.05) is 24.3 Å². The number of hydrogen-bond donors (Lipinski definition) is 3. The van der Waals surface area contributed by atoms with Crippen molar-refractivity contribution in [2.45, 2.75) is 12.8 Å². The number of aryl methyl sites for hydroxylation is 1. The van der Waals surface area contributed by atoms with Gasteiger partial charge < -0.3 is 21.9 Å². The summed E-state index contributed by atoms with van der Waals surface area (Å²) in [6, 6.07) is 7.93. The van der Waals surface area contributed by atoms with Gasteiger partial charge in [0.05, 0.1) is 7.11 Å². The van der Waals surface area contributed by atoms with Crippen LogP contribution in [0, 0.1) is 0 Å². The van der Waals surface area contributed by atoms with Crippen LogP contribution in [0.4, 0.5) is 0 Å². The van der Waals surface area contributed by atoms with E-state index in [4.69, 9.17) is 21.9 Å². The molecule has 0 aromatic heterocycles. The van der Waals surface area contributed by atoms with Crippen molar-refractivity contribution in [3.63, 3.8) is 0 Å². The zero-order valence-corrected chi connectivity index (χ0v) is 11.7. The summed E-state index contributed by atoms with van der Waals surface area (Å²) < 4.78 is 5.09. The molecule has 0 saturated heterocycles. The highest BCUT2D eigenvalue weighted by atomic mass is 35.5. The largest absolute Gasteiger partial charge is 0.497 e. The van der Waals surface area contributed by atoms with Crippen molar-refractivity contribution in [1.82, 2.24) is 0 Å². The van der Waals surface area contributed by atoms with E-state index in [-0.39, 0.29) is 24.3 Å². The van der Waals surface area contributed by atoms with Crippen LogP contribution in [0.2, 0.25) is 0 Å². The van der Waals surface area contributed by atoms with E-state index in [1.54, 1.807) is 7.11 Å². The molecule has 0 unspecified atom stereocenters. The molecule has 0 heterocycles. The van der Waals surface area contributed by atoms with Gasteiger partial charge in [-0.05, 0) is 30.5 Å². The van der Waals surface area contributed by atoms with Gasteiger partial charge in [0.1, 0.15) is 5.75 Å². The molecule has 6 nitrogen and oxygen atoms in total. The molecule has 1 aromatic carbocycles. The van der Waals surface area contributed by atoms with E-state index in [0.717, 1.165) is 18.6 Å². The molecular formula is C12H20ClN5O. The standard InChI is InChI=1S/C12H19N5O.ClH/c1-18-10-6-4-9(5-7-10)3-2-8-16-12(15)17-11(13)14;/h4-7H,2-3,8H2,1H3,(H6,13,14,15,16,17);1H. The second-order valence-electron chi connectivity index (χ2n) is 3.73. The highest BCUT2D eigenvalue weighted by molar-refractivity contribution is 5.92. The lowest BCUT2D eigenvalue weighted by molar-refractivity contribution is 0.414. The van der Waals surface area contributed by atoms with Crippen LogP contribution in [-0.2, 0) is 6.42 Å². The Bertz CT molecular complexity index is 426.